The first-order valence-electron chi connectivity index (χ1n) is 7.82. The molecule has 118 valence electrons. The maximum absolute atomic E-state index is 14.0. The minimum atomic E-state index is -0.638. The molecule has 4 heteroatoms. The van der Waals surface area contributed by atoms with Crippen molar-refractivity contribution in [2.45, 2.75) is 51.2 Å². The summed E-state index contributed by atoms with van der Waals surface area (Å²) >= 11 is 0. The number of benzene rings is 1. The first-order valence-corrected chi connectivity index (χ1v) is 7.82. The molecule has 0 aromatic heterocycles. The number of hydrogen-bond acceptors (Lipinski definition) is 3. The Hall–Kier alpha value is -1.13. The van der Waals surface area contributed by atoms with Crippen molar-refractivity contribution in [1.29, 1.82) is 0 Å². The van der Waals surface area contributed by atoms with E-state index in [0.717, 1.165) is 31.6 Å². The van der Waals surface area contributed by atoms with Crippen molar-refractivity contribution >= 4 is 0 Å². The van der Waals surface area contributed by atoms with Gasteiger partial charge in [-0.1, -0.05) is 25.5 Å². The smallest absolute Gasteiger partial charge is 0.169 e. The average Bonchev–Trinajstić information content (AvgIpc) is 2.50. The van der Waals surface area contributed by atoms with Crippen molar-refractivity contribution in [3.05, 3.63) is 29.6 Å². The van der Waals surface area contributed by atoms with Crippen LogP contribution in [0.25, 0.3) is 0 Å². The second-order valence-electron chi connectivity index (χ2n) is 6.11. The van der Waals surface area contributed by atoms with Crippen LogP contribution in [0.1, 0.15) is 44.6 Å². The standard InChI is InChI=1S/C17H26FNO2/c1-3-13-7-9-17(20,10-8-13)12-19-11-14-5-4-6-15(21-2)16(14)18/h4-6,13,19-20H,3,7-12H2,1-2H3. The second-order valence-corrected chi connectivity index (χ2v) is 6.11. The topological polar surface area (TPSA) is 41.5 Å². The third-order valence-electron chi connectivity index (χ3n) is 4.65. The van der Waals surface area contributed by atoms with Gasteiger partial charge in [-0.15, -0.1) is 0 Å². The Balaban J connectivity index is 1.84. The Kier molecular flexibility index (Phi) is 5.59. The van der Waals surface area contributed by atoms with Crippen LogP contribution in [0.5, 0.6) is 5.75 Å². The lowest BCUT2D eigenvalue weighted by Crippen LogP contribution is -2.43. The van der Waals surface area contributed by atoms with Gasteiger partial charge in [0.15, 0.2) is 11.6 Å². The van der Waals surface area contributed by atoms with E-state index >= 15 is 0 Å². The highest BCUT2D eigenvalue weighted by molar-refractivity contribution is 5.30. The third kappa shape index (κ3) is 4.17. The molecule has 0 unspecified atom stereocenters. The van der Waals surface area contributed by atoms with Gasteiger partial charge in [-0.2, -0.15) is 0 Å². The van der Waals surface area contributed by atoms with Crippen molar-refractivity contribution in [1.82, 2.24) is 5.32 Å². The van der Waals surface area contributed by atoms with E-state index < -0.39 is 5.60 Å². The molecule has 1 aliphatic carbocycles. The largest absolute Gasteiger partial charge is 0.494 e. The van der Waals surface area contributed by atoms with Gasteiger partial charge in [-0.3, -0.25) is 0 Å². The van der Waals surface area contributed by atoms with Gasteiger partial charge in [0.2, 0.25) is 0 Å². The quantitative estimate of drug-likeness (QED) is 0.846. The van der Waals surface area contributed by atoms with Crippen LogP contribution in [-0.4, -0.2) is 24.4 Å². The first kappa shape index (κ1) is 16.2. The van der Waals surface area contributed by atoms with Gasteiger partial charge in [-0.05, 0) is 37.7 Å². The molecule has 3 nitrogen and oxygen atoms in total. The Bertz CT molecular complexity index is 456. The summed E-state index contributed by atoms with van der Waals surface area (Å²) < 4.78 is 19.0. The second kappa shape index (κ2) is 7.23. The lowest BCUT2D eigenvalue weighted by Gasteiger charge is -2.36. The number of rotatable bonds is 6. The molecule has 1 fully saturated rings. The van der Waals surface area contributed by atoms with E-state index in [1.807, 2.05) is 0 Å². The van der Waals surface area contributed by atoms with Gasteiger partial charge in [0.25, 0.3) is 0 Å². The number of hydrogen-bond donors (Lipinski definition) is 2. The van der Waals surface area contributed by atoms with Crippen molar-refractivity contribution < 1.29 is 14.2 Å². The van der Waals surface area contributed by atoms with Gasteiger partial charge in [0.05, 0.1) is 12.7 Å². The Morgan fingerprint density at radius 2 is 2.10 bits per heavy atom. The number of nitrogens with one attached hydrogen (secondary N) is 1. The highest BCUT2D eigenvalue weighted by Crippen LogP contribution is 2.33. The number of methoxy groups -OCH3 is 1. The summed E-state index contributed by atoms with van der Waals surface area (Å²) in [5.74, 6) is 0.687. The van der Waals surface area contributed by atoms with Crippen LogP contribution in [0, 0.1) is 11.7 Å². The van der Waals surface area contributed by atoms with Crippen LogP contribution in [0.4, 0.5) is 4.39 Å². The van der Waals surface area contributed by atoms with Crippen LogP contribution in [-0.2, 0) is 6.54 Å². The molecule has 0 aliphatic heterocycles. The fourth-order valence-electron chi connectivity index (χ4n) is 3.08. The van der Waals surface area contributed by atoms with Crippen molar-refractivity contribution in [3.8, 4) is 5.75 Å². The molecular formula is C17H26FNO2. The lowest BCUT2D eigenvalue weighted by molar-refractivity contribution is -0.00886. The SMILES string of the molecule is CCC1CCC(O)(CNCc2cccc(OC)c2F)CC1. The summed E-state index contributed by atoms with van der Waals surface area (Å²) in [6.07, 6.45) is 5.03. The summed E-state index contributed by atoms with van der Waals surface area (Å²) in [5.41, 5.74) is -0.0683. The molecule has 1 aromatic rings. The minimum Gasteiger partial charge on any atom is -0.494 e. The summed E-state index contributed by atoms with van der Waals surface area (Å²) in [5, 5.41) is 13.7. The maximum atomic E-state index is 14.0. The molecule has 0 atom stereocenters. The summed E-state index contributed by atoms with van der Waals surface area (Å²) in [4.78, 5) is 0. The molecule has 1 aliphatic rings. The molecule has 1 saturated carbocycles. The summed E-state index contributed by atoms with van der Waals surface area (Å²) in [6, 6.07) is 5.13. The van der Waals surface area contributed by atoms with E-state index in [4.69, 9.17) is 4.74 Å². The van der Waals surface area contributed by atoms with Crippen molar-refractivity contribution in [2.24, 2.45) is 5.92 Å². The molecule has 0 amide bonds. The molecule has 2 rings (SSSR count). The fourth-order valence-corrected chi connectivity index (χ4v) is 3.08. The van der Waals surface area contributed by atoms with Crippen molar-refractivity contribution in [3.63, 3.8) is 0 Å². The highest BCUT2D eigenvalue weighted by atomic mass is 19.1. The Morgan fingerprint density at radius 1 is 1.38 bits per heavy atom. The monoisotopic (exact) mass is 295 g/mol. The molecule has 0 saturated heterocycles. The predicted octanol–water partition coefficient (Wildman–Crippen LogP) is 3.26. The van der Waals surface area contributed by atoms with E-state index in [1.54, 1.807) is 18.2 Å². The van der Waals surface area contributed by atoms with Gasteiger partial charge < -0.3 is 15.2 Å². The fraction of sp³-hybridized carbons (Fsp3) is 0.647. The van der Waals surface area contributed by atoms with Crippen LogP contribution in [0.3, 0.4) is 0 Å². The zero-order valence-electron chi connectivity index (χ0n) is 13.0. The molecule has 2 N–H and O–H groups in total. The minimum absolute atomic E-state index is 0.261. The van der Waals surface area contributed by atoms with E-state index in [2.05, 4.69) is 12.2 Å². The van der Waals surface area contributed by atoms with Gasteiger partial charge in [0.1, 0.15) is 0 Å². The predicted molar refractivity (Wildman–Crippen MR) is 81.9 cm³/mol. The van der Waals surface area contributed by atoms with Gasteiger partial charge in [0, 0.05) is 18.7 Å². The Labute approximate surface area is 126 Å². The van der Waals surface area contributed by atoms with Crippen LogP contribution >= 0.6 is 0 Å². The van der Waals surface area contributed by atoms with Crippen LogP contribution in [0.15, 0.2) is 18.2 Å². The number of aliphatic hydroxyl groups is 1. The van der Waals surface area contributed by atoms with E-state index in [0.29, 0.717) is 18.7 Å². The molecule has 1 aromatic carbocycles. The normalized spacial score (nSPS) is 25.8. The highest BCUT2D eigenvalue weighted by Gasteiger charge is 2.32. The zero-order valence-corrected chi connectivity index (χ0v) is 13.0. The molecule has 0 radical (unpaired) electrons. The third-order valence-corrected chi connectivity index (χ3v) is 4.65. The van der Waals surface area contributed by atoms with Crippen LogP contribution < -0.4 is 10.1 Å². The molecule has 21 heavy (non-hydrogen) atoms. The first-order chi connectivity index (χ1) is 10.1. The van der Waals surface area contributed by atoms with Crippen LogP contribution in [0.2, 0.25) is 0 Å². The van der Waals surface area contributed by atoms with E-state index in [-0.39, 0.29) is 11.6 Å². The van der Waals surface area contributed by atoms with E-state index in [9.17, 15) is 9.50 Å². The summed E-state index contributed by atoms with van der Waals surface area (Å²) in [6.45, 7) is 3.13. The molecule has 0 bridgehead atoms. The van der Waals surface area contributed by atoms with E-state index in [1.165, 1.54) is 13.5 Å². The molecule has 0 heterocycles. The van der Waals surface area contributed by atoms with Crippen molar-refractivity contribution in [2.75, 3.05) is 13.7 Å². The lowest BCUT2D eigenvalue weighted by atomic mass is 9.78. The van der Waals surface area contributed by atoms with Gasteiger partial charge >= 0.3 is 0 Å². The number of halogens is 1. The molecule has 0 spiro atoms. The Morgan fingerprint density at radius 3 is 2.71 bits per heavy atom. The maximum Gasteiger partial charge on any atom is 0.169 e. The molecular weight excluding hydrogens is 269 g/mol. The number of ether oxygens (including phenoxy) is 1. The zero-order chi connectivity index (χ0) is 15.3. The average molecular weight is 295 g/mol. The summed E-state index contributed by atoms with van der Waals surface area (Å²) in [7, 11) is 1.46. The van der Waals surface area contributed by atoms with Gasteiger partial charge in [-0.25, -0.2) is 4.39 Å².